The lowest BCUT2D eigenvalue weighted by Crippen LogP contribution is -2.15. The smallest absolute Gasteiger partial charge is 0.345 e. The minimum atomic E-state index is -4.65. The number of benzene rings is 3. The Morgan fingerprint density at radius 1 is 0.838 bits per heavy atom. The molecule has 0 saturated heterocycles. The molecule has 0 N–H and O–H groups in total. The van der Waals surface area contributed by atoms with Crippen molar-refractivity contribution in [2.45, 2.75) is 45.5 Å². The van der Waals surface area contributed by atoms with E-state index in [1.807, 2.05) is 13.8 Å². The van der Waals surface area contributed by atoms with Gasteiger partial charge >= 0.3 is 12.4 Å². The Balaban J connectivity index is 2.17. The van der Waals surface area contributed by atoms with E-state index in [2.05, 4.69) is 0 Å². The van der Waals surface area contributed by atoms with Gasteiger partial charge in [0.15, 0.2) is 0 Å². The van der Waals surface area contributed by atoms with Crippen molar-refractivity contribution < 1.29 is 31.1 Å². The lowest BCUT2D eigenvalue weighted by Gasteiger charge is -2.25. The summed E-state index contributed by atoms with van der Waals surface area (Å²) in [5.74, 6) is -0.398. The van der Waals surface area contributed by atoms with E-state index in [-0.39, 0.29) is 17.4 Å². The lowest BCUT2D eigenvalue weighted by atomic mass is 9.85. The van der Waals surface area contributed by atoms with Crippen LogP contribution in [0.15, 0.2) is 60.7 Å². The van der Waals surface area contributed by atoms with Gasteiger partial charge in [0.25, 0.3) is 0 Å². The zero-order valence-corrected chi connectivity index (χ0v) is 21.4. The number of carbonyl (C=O) groups excluding carboxylic acids is 1. The average molecular weight is 542 g/mol. The Labute approximate surface area is 216 Å². The molecular formula is C28H26ClF6NO. The van der Waals surface area contributed by atoms with Crippen LogP contribution in [0.1, 0.15) is 49.8 Å². The fourth-order valence-corrected chi connectivity index (χ4v) is 4.37. The van der Waals surface area contributed by atoms with Crippen LogP contribution in [0.4, 0.5) is 37.7 Å². The standard InChI is InChI=1S/C28H26ClF6NO/c1-16(2)11-24(17(3)37)20-12-19(18-5-7-21(8-6-18)27(30,31)32)13-23(14-20)36(4)22-9-10-26(29)25(15-22)28(33,34)35/h5-10,12-16,24H,11H2,1-4H3. The van der Waals surface area contributed by atoms with Crippen molar-refractivity contribution >= 4 is 28.8 Å². The highest BCUT2D eigenvalue weighted by Crippen LogP contribution is 2.40. The summed E-state index contributed by atoms with van der Waals surface area (Å²) in [6.07, 6.45) is -8.61. The van der Waals surface area contributed by atoms with Gasteiger partial charge in [-0.15, -0.1) is 0 Å². The zero-order chi connectivity index (χ0) is 27.7. The van der Waals surface area contributed by atoms with Gasteiger partial charge in [-0.25, -0.2) is 0 Å². The number of ketones is 1. The zero-order valence-electron chi connectivity index (χ0n) is 20.6. The third-order valence-electron chi connectivity index (χ3n) is 6.12. The molecule has 0 radical (unpaired) electrons. The average Bonchev–Trinajstić information content (AvgIpc) is 2.80. The second-order valence-electron chi connectivity index (χ2n) is 9.40. The first kappa shape index (κ1) is 28.6. The maximum atomic E-state index is 13.5. The molecule has 0 bridgehead atoms. The minimum Gasteiger partial charge on any atom is -0.345 e. The van der Waals surface area contributed by atoms with Crippen molar-refractivity contribution in [2.24, 2.45) is 5.92 Å². The number of nitrogens with zero attached hydrogens (tertiary/aromatic N) is 1. The normalized spacial score (nSPS) is 13.1. The second kappa shape index (κ2) is 10.8. The van der Waals surface area contributed by atoms with Crippen LogP contribution in [-0.4, -0.2) is 12.8 Å². The largest absolute Gasteiger partial charge is 0.417 e. The van der Waals surface area contributed by atoms with E-state index in [9.17, 15) is 31.1 Å². The number of carbonyl (C=O) groups is 1. The van der Waals surface area contributed by atoms with Crippen LogP contribution < -0.4 is 4.90 Å². The summed E-state index contributed by atoms with van der Waals surface area (Å²) < 4.78 is 79.6. The van der Waals surface area contributed by atoms with Crippen LogP contribution in [0.2, 0.25) is 5.02 Å². The van der Waals surface area contributed by atoms with Gasteiger partial charge in [-0.2, -0.15) is 26.3 Å². The van der Waals surface area contributed by atoms with Crippen LogP contribution in [0, 0.1) is 5.92 Å². The van der Waals surface area contributed by atoms with Crippen molar-refractivity contribution in [1.82, 2.24) is 0 Å². The number of rotatable bonds is 7. The third-order valence-corrected chi connectivity index (χ3v) is 6.45. The van der Waals surface area contributed by atoms with Crippen molar-refractivity contribution in [3.63, 3.8) is 0 Å². The summed E-state index contributed by atoms with van der Waals surface area (Å²) in [4.78, 5) is 14.1. The molecule has 1 unspecified atom stereocenters. The molecule has 3 aromatic rings. The molecule has 2 nitrogen and oxygen atoms in total. The maximum absolute atomic E-state index is 13.5. The molecule has 3 aromatic carbocycles. The summed E-state index contributed by atoms with van der Waals surface area (Å²) in [6.45, 7) is 5.40. The SMILES string of the molecule is CC(=O)C(CC(C)C)c1cc(-c2ccc(C(F)(F)F)cc2)cc(N(C)c2ccc(Cl)c(C(F)(F)F)c2)c1. The highest BCUT2D eigenvalue weighted by molar-refractivity contribution is 6.31. The molecule has 0 saturated carbocycles. The highest BCUT2D eigenvalue weighted by Gasteiger charge is 2.34. The summed E-state index contributed by atoms with van der Waals surface area (Å²) >= 11 is 5.78. The van der Waals surface area contributed by atoms with E-state index in [0.717, 1.165) is 24.3 Å². The van der Waals surface area contributed by atoms with Gasteiger partial charge in [0.05, 0.1) is 16.1 Å². The molecule has 0 fully saturated rings. The molecule has 0 amide bonds. The molecule has 3 rings (SSSR count). The van der Waals surface area contributed by atoms with Crippen LogP contribution in [-0.2, 0) is 17.1 Å². The summed E-state index contributed by atoms with van der Waals surface area (Å²) in [5, 5.41) is -0.433. The van der Waals surface area contributed by atoms with Gasteiger partial charge in [0.2, 0.25) is 0 Å². The Morgan fingerprint density at radius 3 is 1.97 bits per heavy atom. The van der Waals surface area contributed by atoms with E-state index in [4.69, 9.17) is 11.6 Å². The van der Waals surface area contributed by atoms with Crippen LogP contribution >= 0.6 is 11.6 Å². The molecule has 0 aliphatic heterocycles. The van der Waals surface area contributed by atoms with E-state index in [1.165, 1.54) is 30.0 Å². The molecule has 0 heterocycles. The fraction of sp³-hybridized carbons (Fsp3) is 0.321. The van der Waals surface area contributed by atoms with E-state index in [0.29, 0.717) is 28.8 Å². The lowest BCUT2D eigenvalue weighted by molar-refractivity contribution is -0.138. The number of halogens is 7. The molecule has 9 heteroatoms. The van der Waals surface area contributed by atoms with Gasteiger partial charge in [-0.3, -0.25) is 4.79 Å². The topological polar surface area (TPSA) is 20.3 Å². The summed E-state index contributed by atoms with van der Waals surface area (Å²) in [7, 11) is 1.57. The van der Waals surface area contributed by atoms with Crippen molar-refractivity contribution in [1.29, 1.82) is 0 Å². The summed E-state index contributed by atoms with van der Waals surface area (Å²) in [5.41, 5.74) is 0.529. The van der Waals surface area contributed by atoms with E-state index < -0.39 is 34.4 Å². The van der Waals surface area contributed by atoms with Crippen LogP contribution in [0.3, 0.4) is 0 Å². The van der Waals surface area contributed by atoms with Gasteiger partial charge in [0.1, 0.15) is 5.78 Å². The van der Waals surface area contributed by atoms with Gasteiger partial charge < -0.3 is 4.90 Å². The second-order valence-corrected chi connectivity index (χ2v) is 9.81. The predicted octanol–water partition coefficient (Wildman–Crippen LogP) is 9.53. The Bertz CT molecular complexity index is 1270. The quantitative estimate of drug-likeness (QED) is 0.278. The number of Topliss-reactive ketones (excluding diaryl/α,β-unsaturated/α-hetero) is 1. The minimum absolute atomic E-state index is 0.0854. The Hall–Kier alpha value is -3.00. The molecule has 0 aromatic heterocycles. The van der Waals surface area contributed by atoms with Crippen LogP contribution in [0.25, 0.3) is 11.1 Å². The monoisotopic (exact) mass is 541 g/mol. The molecule has 0 spiro atoms. The molecule has 37 heavy (non-hydrogen) atoms. The maximum Gasteiger partial charge on any atom is 0.417 e. The third kappa shape index (κ3) is 6.86. The molecular weight excluding hydrogens is 516 g/mol. The highest BCUT2D eigenvalue weighted by atomic mass is 35.5. The fourth-order valence-electron chi connectivity index (χ4n) is 4.14. The first-order chi connectivity index (χ1) is 17.1. The Kier molecular flexibility index (Phi) is 8.32. The van der Waals surface area contributed by atoms with Gasteiger partial charge in [-0.05, 0) is 78.4 Å². The first-order valence-electron chi connectivity index (χ1n) is 11.5. The molecule has 0 aliphatic carbocycles. The summed E-state index contributed by atoms with van der Waals surface area (Å²) in [6, 6.07) is 13.3. The number of hydrogen-bond acceptors (Lipinski definition) is 2. The van der Waals surface area contributed by atoms with Gasteiger partial charge in [0, 0.05) is 24.3 Å². The molecule has 0 aliphatic rings. The van der Waals surface area contributed by atoms with Crippen molar-refractivity contribution in [3.05, 3.63) is 82.4 Å². The molecule has 198 valence electrons. The Morgan fingerprint density at radius 2 is 1.46 bits per heavy atom. The predicted molar refractivity (Wildman–Crippen MR) is 134 cm³/mol. The van der Waals surface area contributed by atoms with E-state index >= 15 is 0 Å². The number of hydrogen-bond donors (Lipinski definition) is 0. The van der Waals surface area contributed by atoms with Crippen LogP contribution in [0.5, 0.6) is 0 Å². The number of anilines is 2. The van der Waals surface area contributed by atoms with E-state index in [1.54, 1.807) is 25.2 Å². The first-order valence-corrected chi connectivity index (χ1v) is 11.9. The van der Waals surface area contributed by atoms with Crippen molar-refractivity contribution in [2.75, 3.05) is 11.9 Å². The number of alkyl halides is 6. The van der Waals surface area contributed by atoms with Crippen molar-refractivity contribution in [3.8, 4) is 11.1 Å². The molecule has 1 atom stereocenters. The van der Waals surface area contributed by atoms with Gasteiger partial charge in [-0.1, -0.05) is 43.6 Å².